The zero-order valence-electron chi connectivity index (χ0n) is 12.0. The number of carbonyl (C=O) groups excluding carboxylic acids is 1. The van der Waals surface area contributed by atoms with Crippen LogP contribution in [0.1, 0.15) is 36.7 Å². The molecule has 0 aliphatic carbocycles. The molecule has 1 N–H and O–H groups in total. The first-order valence-corrected chi connectivity index (χ1v) is 6.27. The van der Waals surface area contributed by atoms with Gasteiger partial charge in [-0.05, 0) is 39.0 Å². The Bertz CT molecular complexity index is 507. The molecule has 21 heavy (non-hydrogen) atoms. The van der Waals surface area contributed by atoms with Crippen molar-refractivity contribution in [3.63, 3.8) is 0 Å². The molecule has 0 aliphatic heterocycles. The van der Waals surface area contributed by atoms with Crippen LogP contribution in [-0.4, -0.2) is 24.3 Å². The molecule has 0 bridgehead atoms. The summed E-state index contributed by atoms with van der Waals surface area (Å²) in [5.74, 6) is -1.34. The molecule has 0 aliphatic rings. The summed E-state index contributed by atoms with van der Waals surface area (Å²) in [7, 11) is 0. The third-order valence-corrected chi connectivity index (χ3v) is 2.32. The van der Waals surface area contributed by atoms with E-state index in [9.17, 15) is 22.4 Å². The average Bonchev–Trinajstić information content (AvgIpc) is 2.27. The maximum absolute atomic E-state index is 13.5. The van der Waals surface area contributed by atoms with Crippen LogP contribution in [-0.2, 0) is 11.3 Å². The van der Waals surface area contributed by atoms with Crippen LogP contribution < -0.4 is 5.32 Å². The standard InChI is InChI=1S/C14H17F4NO2/c1-13(2,3)21-12(20)9-4-5-11(15)10(6-9)7-19-8-14(16,17)18/h4-6,19H,7-8H2,1-3H3. The molecular weight excluding hydrogens is 290 g/mol. The molecular formula is C14H17F4NO2. The number of ether oxygens (including phenoxy) is 1. The fourth-order valence-electron chi connectivity index (χ4n) is 1.51. The van der Waals surface area contributed by atoms with Gasteiger partial charge in [-0.3, -0.25) is 0 Å². The maximum Gasteiger partial charge on any atom is 0.401 e. The Morgan fingerprint density at radius 1 is 1.24 bits per heavy atom. The van der Waals surface area contributed by atoms with Gasteiger partial charge in [0.1, 0.15) is 11.4 Å². The Kier molecular flexibility index (Phi) is 5.33. The Balaban J connectivity index is 2.78. The predicted molar refractivity (Wildman–Crippen MR) is 69.3 cm³/mol. The minimum atomic E-state index is -4.38. The van der Waals surface area contributed by atoms with Gasteiger partial charge in [0.2, 0.25) is 0 Å². The van der Waals surface area contributed by atoms with Gasteiger partial charge in [0.25, 0.3) is 0 Å². The van der Waals surface area contributed by atoms with Crippen molar-refractivity contribution in [1.29, 1.82) is 0 Å². The lowest BCUT2D eigenvalue weighted by Gasteiger charge is -2.19. The summed E-state index contributed by atoms with van der Waals surface area (Å²) in [5, 5.41) is 2.08. The first-order valence-electron chi connectivity index (χ1n) is 6.27. The maximum atomic E-state index is 13.5. The Labute approximate surface area is 120 Å². The molecule has 0 saturated heterocycles. The molecule has 7 heteroatoms. The van der Waals surface area contributed by atoms with Crippen LogP contribution in [0.25, 0.3) is 0 Å². The molecule has 0 atom stereocenters. The second kappa shape index (κ2) is 6.43. The predicted octanol–water partition coefficient (Wildman–Crippen LogP) is 3.43. The Morgan fingerprint density at radius 2 is 1.86 bits per heavy atom. The highest BCUT2D eigenvalue weighted by atomic mass is 19.4. The molecule has 0 heterocycles. The quantitative estimate of drug-likeness (QED) is 0.684. The number of rotatable bonds is 4. The highest BCUT2D eigenvalue weighted by Gasteiger charge is 2.26. The second-order valence-electron chi connectivity index (χ2n) is 5.53. The molecule has 1 rings (SSSR count). The summed E-state index contributed by atoms with van der Waals surface area (Å²) in [6.45, 7) is 3.48. The van der Waals surface area contributed by atoms with Gasteiger partial charge in [-0.2, -0.15) is 13.2 Å². The largest absolute Gasteiger partial charge is 0.456 e. The minimum Gasteiger partial charge on any atom is -0.456 e. The minimum absolute atomic E-state index is 0.0254. The Morgan fingerprint density at radius 3 is 2.38 bits per heavy atom. The fourth-order valence-corrected chi connectivity index (χ4v) is 1.51. The van der Waals surface area contributed by atoms with Crippen molar-refractivity contribution in [2.24, 2.45) is 0 Å². The van der Waals surface area contributed by atoms with Gasteiger partial charge >= 0.3 is 12.1 Å². The van der Waals surface area contributed by atoms with Crippen LogP contribution in [0.2, 0.25) is 0 Å². The van der Waals surface area contributed by atoms with Gasteiger partial charge in [-0.1, -0.05) is 0 Å². The number of benzene rings is 1. The third kappa shape index (κ3) is 6.57. The van der Waals surface area contributed by atoms with Crippen LogP contribution in [0.15, 0.2) is 18.2 Å². The number of halogens is 4. The van der Waals surface area contributed by atoms with Crippen molar-refractivity contribution in [2.45, 2.75) is 39.1 Å². The van der Waals surface area contributed by atoms with Crippen molar-refractivity contribution in [1.82, 2.24) is 5.32 Å². The first kappa shape index (κ1) is 17.4. The molecule has 0 radical (unpaired) electrons. The van der Waals surface area contributed by atoms with E-state index >= 15 is 0 Å². The van der Waals surface area contributed by atoms with Crippen LogP contribution in [0.4, 0.5) is 17.6 Å². The van der Waals surface area contributed by atoms with Crippen molar-refractivity contribution in [3.8, 4) is 0 Å². The zero-order valence-corrected chi connectivity index (χ0v) is 12.0. The lowest BCUT2D eigenvalue weighted by Crippen LogP contribution is -2.28. The monoisotopic (exact) mass is 307 g/mol. The highest BCUT2D eigenvalue weighted by Crippen LogP contribution is 2.17. The van der Waals surface area contributed by atoms with Crippen LogP contribution >= 0.6 is 0 Å². The van der Waals surface area contributed by atoms with E-state index < -0.39 is 30.1 Å². The molecule has 0 amide bonds. The second-order valence-corrected chi connectivity index (χ2v) is 5.53. The molecule has 3 nitrogen and oxygen atoms in total. The smallest absolute Gasteiger partial charge is 0.401 e. The Hall–Kier alpha value is -1.63. The summed E-state index contributed by atoms with van der Waals surface area (Å²) >= 11 is 0. The first-order chi connectivity index (χ1) is 9.48. The fraction of sp³-hybridized carbons (Fsp3) is 0.500. The van der Waals surface area contributed by atoms with Gasteiger partial charge in [-0.15, -0.1) is 0 Å². The number of alkyl halides is 3. The average molecular weight is 307 g/mol. The van der Waals surface area contributed by atoms with Crippen LogP contribution in [0.5, 0.6) is 0 Å². The summed E-state index contributed by atoms with van der Waals surface area (Å²) in [6.07, 6.45) is -4.38. The molecule has 0 aromatic heterocycles. The van der Waals surface area contributed by atoms with Crippen molar-refractivity contribution in [2.75, 3.05) is 6.54 Å². The van der Waals surface area contributed by atoms with Gasteiger partial charge in [-0.25, -0.2) is 9.18 Å². The zero-order chi connectivity index (χ0) is 16.3. The van der Waals surface area contributed by atoms with Crippen molar-refractivity contribution < 1.29 is 27.1 Å². The molecule has 0 spiro atoms. The van der Waals surface area contributed by atoms with E-state index in [-0.39, 0.29) is 17.7 Å². The summed E-state index contributed by atoms with van der Waals surface area (Å²) < 4.78 is 54.7. The number of nitrogens with one attached hydrogen (secondary N) is 1. The van der Waals surface area contributed by atoms with Crippen molar-refractivity contribution >= 4 is 5.97 Å². The van der Waals surface area contributed by atoms with Crippen LogP contribution in [0.3, 0.4) is 0 Å². The molecule has 0 fully saturated rings. The molecule has 1 aromatic carbocycles. The van der Waals surface area contributed by atoms with E-state index in [2.05, 4.69) is 5.32 Å². The van der Waals surface area contributed by atoms with Crippen molar-refractivity contribution in [3.05, 3.63) is 35.1 Å². The molecule has 118 valence electrons. The van der Waals surface area contributed by atoms with Crippen LogP contribution in [0, 0.1) is 5.82 Å². The highest BCUT2D eigenvalue weighted by molar-refractivity contribution is 5.89. The number of hydrogen-bond donors (Lipinski definition) is 1. The SMILES string of the molecule is CC(C)(C)OC(=O)c1ccc(F)c(CNCC(F)(F)F)c1. The van der Waals surface area contributed by atoms with E-state index in [0.29, 0.717) is 0 Å². The number of hydrogen-bond acceptors (Lipinski definition) is 3. The van der Waals surface area contributed by atoms with E-state index in [1.807, 2.05) is 0 Å². The van der Waals surface area contributed by atoms with E-state index in [1.165, 1.54) is 12.1 Å². The molecule has 0 saturated carbocycles. The summed E-state index contributed by atoms with van der Waals surface area (Å²) in [4.78, 5) is 11.8. The van der Waals surface area contributed by atoms with Gasteiger partial charge in [0.05, 0.1) is 12.1 Å². The summed E-state index contributed by atoms with van der Waals surface area (Å²) in [6, 6.07) is 3.45. The third-order valence-electron chi connectivity index (χ3n) is 2.32. The normalized spacial score (nSPS) is 12.3. The van der Waals surface area contributed by atoms with Gasteiger partial charge in [0, 0.05) is 12.1 Å². The van der Waals surface area contributed by atoms with E-state index in [1.54, 1.807) is 20.8 Å². The molecule has 1 aromatic rings. The number of esters is 1. The number of carbonyl (C=O) groups is 1. The lowest BCUT2D eigenvalue weighted by molar-refractivity contribution is -0.125. The van der Waals surface area contributed by atoms with E-state index in [4.69, 9.17) is 4.74 Å². The van der Waals surface area contributed by atoms with E-state index in [0.717, 1.165) is 6.07 Å². The molecule has 0 unspecified atom stereocenters. The summed E-state index contributed by atoms with van der Waals surface area (Å²) in [5.41, 5.74) is -0.641. The van der Waals surface area contributed by atoms with Gasteiger partial charge in [0.15, 0.2) is 0 Å². The lowest BCUT2D eigenvalue weighted by atomic mass is 10.1. The van der Waals surface area contributed by atoms with Gasteiger partial charge < -0.3 is 10.1 Å². The topological polar surface area (TPSA) is 38.3 Å².